The van der Waals surface area contributed by atoms with Crippen LogP contribution in [0, 0.1) is 0 Å². The van der Waals surface area contributed by atoms with E-state index in [4.69, 9.17) is 5.11 Å². The van der Waals surface area contributed by atoms with E-state index < -0.39 is 0 Å². The molecule has 0 fully saturated rings. The molecule has 0 saturated heterocycles. The maximum atomic E-state index is 11.7. The normalized spacial score (nSPS) is 10.6. The number of aliphatic hydroxyl groups is 1. The molecule has 2 aromatic carbocycles. The van der Waals surface area contributed by atoms with Gasteiger partial charge in [-0.25, -0.2) is 0 Å². The Kier molecular flexibility index (Phi) is 4.48. The number of hydrogen-bond donors (Lipinski definition) is 2. The van der Waals surface area contributed by atoms with Gasteiger partial charge in [-0.15, -0.1) is 0 Å². The number of hydrogen-bond acceptors (Lipinski definition) is 2. The predicted octanol–water partition coefficient (Wildman–Crippen LogP) is 2.58. The fourth-order valence-corrected chi connectivity index (χ4v) is 1.62. The van der Waals surface area contributed by atoms with Gasteiger partial charge < -0.3 is 10.4 Å². The second kappa shape index (κ2) is 6.52. The van der Waals surface area contributed by atoms with E-state index in [0.29, 0.717) is 5.56 Å². The first kappa shape index (κ1) is 13.1. The molecule has 0 aliphatic carbocycles. The summed E-state index contributed by atoms with van der Waals surface area (Å²) in [7, 11) is 0. The molecule has 2 aromatic rings. The molecule has 0 heterocycles. The molecule has 3 heteroatoms. The molecule has 3 nitrogen and oxygen atoms in total. The maximum Gasteiger partial charge on any atom is 0.255 e. The van der Waals surface area contributed by atoms with E-state index in [0.717, 1.165) is 11.1 Å². The first-order valence-electron chi connectivity index (χ1n) is 6.02. The number of aliphatic hydroxyl groups excluding tert-OH is 1. The monoisotopic (exact) mass is 253 g/mol. The lowest BCUT2D eigenvalue weighted by atomic mass is 10.1. The van der Waals surface area contributed by atoms with E-state index in [1.807, 2.05) is 48.5 Å². The summed E-state index contributed by atoms with van der Waals surface area (Å²) >= 11 is 0. The first-order chi connectivity index (χ1) is 9.29. The van der Waals surface area contributed by atoms with Crippen molar-refractivity contribution in [3.8, 4) is 0 Å². The molecule has 0 radical (unpaired) electrons. The molecule has 0 atom stereocenters. The zero-order valence-corrected chi connectivity index (χ0v) is 10.4. The molecule has 1 amide bonds. The van der Waals surface area contributed by atoms with E-state index in [-0.39, 0.29) is 12.5 Å². The third kappa shape index (κ3) is 3.79. The number of carbonyl (C=O) groups is 1. The number of carbonyl (C=O) groups excluding carboxylic acids is 1. The quantitative estimate of drug-likeness (QED) is 0.879. The topological polar surface area (TPSA) is 49.3 Å². The van der Waals surface area contributed by atoms with Crippen molar-refractivity contribution in [3.05, 3.63) is 77.5 Å². The molecule has 0 aliphatic rings. The minimum absolute atomic E-state index is 0.0364. The highest BCUT2D eigenvalue weighted by Crippen LogP contribution is 2.05. The van der Waals surface area contributed by atoms with Crippen LogP contribution in [0.3, 0.4) is 0 Å². The van der Waals surface area contributed by atoms with Crippen molar-refractivity contribution in [2.45, 2.75) is 6.61 Å². The second-order valence-electron chi connectivity index (χ2n) is 4.07. The average molecular weight is 253 g/mol. The predicted molar refractivity (Wildman–Crippen MR) is 75.3 cm³/mol. The Balaban J connectivity index is 1.94. The Bertz CT molecular complexity index is 559. The number of rotatable bonds is 4. The largest absolute Gasteiger partial charge is 0.392 e. The molecule has 0 aromatic heterocycles. The maximum absolute atomic E-state index is 11.7. The standard InChI is InChI=1S/C16H15NO2/c18-12-14-8-6-13(7-9-14)10-11-17-16(19)15-4-2-1-3-5-15/h1-11,18H,12H2,(H,17,19)/b11-10+. The Morgan fingerprint density at radius 1 is 1.05 bits per heavy atom. The van der Waals surface area contributed by atoms with Crippen molar-refractivity contribution in [1.29, 1.82) is 0 Å². The number of nitrogens with one attached hydrogen (secondary N) is 1. The Morgan fingerprint density at radius 2 is 1.74 bits per heavy atom. The number of benzene rings is 2. The van der Waals surface area contributed by atoms with E-state index in [1.54, 1.807) is 18.3 Å². The van der Waals surface area contributed by atoms with Crippen molar-refractivity contribution in [3.63, 3.8) is 0 Å². The average Bonchev–Trinajstić information content (AvgIpc) is 2.49. The molecule has 0 saturated carbocycles. The fraction of sp³-hybridized carbons (Fsp3) is 0.0625. The van der Waals surface area contributed by atoms with Crippen LogP contribution >= 0.6 is 0 Å². The number of amides is 1. The van der Waals surface area contributed by atoms with Gasteiger partial charge in [0.25, 0.3) is 5.91 Å². The van der Waals surface area contributed by atoms with Gasteiger partial charge in [0.1, 0.15) is 0 Å². The summed E-state index contributed by atoms with van der Waals surface area (Å²) in [6, 6.07) is 16.5. The molecule has 96 valence electrons. The van der Waals surface area contributed by atoms with Crippen LogP contribution < -0.4 is 5.32 Å². The zero-order valence-electron chi connectivity index (χ0n) is 10.4. The van der Waals surface area contributed by atoms with Gasteiger partial charge in [-0.1, -0.05) is 42.5 Å². The van der Waals surface area contributed by atoms with Crippen molar-refractivity contribution >= 4 is 12.0 Å². The molecule has 0 spiro atoms. The summed E-state index contributed by atoms with van der Waals surface area (Å²) in [6.45, 7) is 0.0364. The molecule has 0 unspecified atom stereocenters. The fourth-order valence-electron chi connectivity index (χ4n) is 1.62. The van der Waals surface area contributed by atoms with Crippen LogP contribution in [0.15, 0.2) is 60.8 Å². The summed E-state index contributed by atoms with van der Waals surface area (Å²) in [6.07, 6.45) is 3.42. The lowest BCUT2D eigenvalue weighted by Gasteiger charge is -2.00. The summed E-state index contributed by atoms with van der Waals surface area (Å²) < 4.78 is 0. The smallest absolute Gasteiger partial charge is 0.255 e. The van der Waals surface area contributed by atoms with Crippen LogP contribution in [-0.2, 0) is 6.61 Å². The molecule has 19 heavy (non-hydrogen) atoms. The second-order valence-corrected chi connectivity index (χ2v) is 4.07. The lowest BCUT2D eigenvalue weighted by molar-refractivity contribution is 0.0970. The van der Waals surface area contributed by atoms with Crippen LogP contribution in [0.25, 0.3) is 6.08 Å². The van der Waals surface area contributed by atoms with Gasteiger partial charge in [-0.05, 0) is 29.3 Å². The highest BCUT2D eigenvalue weighted by Gasteiger charge is 2.00. The molecule has 2 rings (SSSR count). The van der Waals surface area contributed by atoms with Crippen molar-refractivity contribution in [1.82, 2.24) is 5.32 Å². The molecule has 2 N–H and O–H groups in total. The first-order valence-corrected chi connectivity index (χ1v) is 6.02. The zero-order chi connectivity index (χ0) is 13.5. The van der Waals surface area contributed by atoms with Crippen LogP contribution in [0.5, 0.6) is 0 Å². The van der Waals surface area contributed by atoms with Gasteiger partial charge in [0.05, 0.1) is 6.61 Å². The van der Waals surface area contributed by atoms with Gasteiger partial charge in [0.15, 0.2) is 0 Å². The Labute approximate surface area is 112 Å². The Hall–Kier alpha value is -2.39. The highest BCUT2D eigenvalue weighted by atomic mass is 16.3. The molecule has 0 bridgehead atoms. The summed E-state index contributed by atoms with van der Waals surface area (Å²) in [5, 5.41) is 11.6. The Morgan fingerprint density at radius 3 is 2.37 bits per heavy atom. The van der Waals surface area contributed by atoms with E-state index in [2.05, 4.69) is 5.32 Å². The highest BCUT2D eigenvalue weighted by molar-refractivity contribution is 5.95. The van der Waals surface area contributed by atoms with Crippen molar-refractivity contribution in [2.75, 3.05) is 0 Å². The third-order valence-electron chi connectivity index (χ3n) is 2.69. The van der Waals surface area contributed by atoms with E-state index in [1.165, 1.54) is 0 Å². The van der Waals surface area contributed by atoms with Crippen LogP contribution in [0.1, 0.15) is 21.5 Å². The van der Waals surface area contributed by atoms with Gasteiger partial charge in [0, 0.05) is 11.8 Å². The van der Waals surface area contributed by atoms with Crippen LogP contribution in [0.2, 0.25) is 0 Å². The molecule has 0 aliphatic heterocycles. The minimum atomic E-state index is -0.135. The third-order valence-corrected chi connectivity index (χ3v) is 2.69. The van der Waals surface area contributed by atoms with Gasteiger partial charge in [-0.2, -0.15) is 0 Å². The lowest BCUT2D eigenvalue weighted by Crippen LogP contribution is -2.16. The van der Waals surface area contributed by atoms with Crippen LogP contribution in [0.4, 0.5) is 0 Å². The van der Waals surface area contributed by atoms with Gasteiger partial charge in [0.2, 0.25) is 0 Å². The molecular weight excluding hydrogens is 238 g/mol. The van der Waals surface area contributed by atoms with Crippen molar-refractivity contribution < 1.29 is 9.90 Å². The van der Waals surface area contributed by atoms with Crippen molar-refractivity contribution in [2.24, 2.45) is 0 Å². The summed E-state index contributed by atoms with van der Waals surface area (Å²) in [4.78, 5) is 11.7. The van der Waals surface area contributed by atoms with Gasteiger partial charge >= 0.3 is 0 Å². The van der Waals surface area contributed by atoms with Gasteiger partial charge in [-0.3, -0.25) is 4.79 Å². The minimum Gasteiger partial charge on any atom is -0.392 e. The van der Waals surface area contributed by atoms with Crippen LogP contribution in [-0.4, -0.2) is 11.0 Å². The van der Waals surface area contributed by atoms with E-state index >= 15 is 0 Å². The van der Waals surface area contributed by atoms with E-state index in [9.17, 15) is 4.79 Å². The molecular formula is C16H15NO2. The SMILES string of the molecule is O=C(N/C=C/c1ccc(CO)cc1)c1ccccc1. The summed E-state index contributed by atoms with van der Waals surface area (Å²) in [5.41, 5.74) is 2.46. The summed E-state index contributed by atoms with van der Waals surface area (Å²) in [5.74, 6) is -0.135.